The van der Waals surface area contributed by atoms with Gasteiger partial charge in [-0.05, 0) is 30.7 Å². The number of aliphatic hydroxyl groups is 1. The maximum Gasteiger partial charge on any atom is 0.295 e. The van der Waals surface area contributed by atoms with Crippen LogP contribution in [0.4, 0.5) is 0 Å². The molecule has 3 heterocycles. The highest BCUT2D eigenvalue weighted by atomic mass is 16.6. The van der Waals surface area contributed by atoms with Crippen LogP contribution in [0.25, 0.3) is 5.76 Å². The summed E-state index contributed by atoms with van der Waals surface area (Å²) < 4.78 is 16.6. The molecule has 3 aliphatic rings. The molecule has 8 nitrogen and oxygen atoms in total. The minimum Gasteiger partial charge on any atom is -0.507 e. The van der Waals surface area contributed by atoms with Gasteiger partial charge in [-0.1, -0.05) is 29.8 Å². The van der Waals surface area contributed by atoms with Crippen LogP contribution in [0.15, 0.2) is 48.0 Å². The summed E-state index contributed by atoms with van der Waals surface area (Å²) in [5.41, 5.74) is 2.35. The molecule has 0 saturated carbocycles. The molecule has 1 atom stereocenters. The number of amides is 1. The van der Waals surface area contributed by atoms with Crippen molar-refractivity contribution in [3.8, 4) is 11.5 Å². The third-order valence-corrected chi connectivity index (χ3v) is 6.51. The minimum atomic E-state index is -0.681. The van der Waals surface area contributed by atoms with Crippen molar-refractivity contribution >= 4 is 17.4 Å². The number of morpholine rings is 1. The van der Waals surface area contributed by atoms with Crippen LogP contribution in [0.1, 0.15) is 22.7 Å². The molecule has 0 bridgehead atoms. The predicted molar refractivity (Wildman–Crippen MR) is 125 cm³/mol. The molecule has 1 N–H and O–H groups in total. The van der Waals surface area contributed by atoms with Crippen LogP contribution in [0.5, 0.6) is 11.5 Å². The van der Waals surface area contributed by atoms with Gasteiger partial charge in [0.15, 0.2) is 11.5 Å². The molecular weight excluding hydrogens is 436 g/mol. The van der Waals surface area contributed by atoms with Crippen LogP contribution >= 0.6 is 0 Å². The number of hydrogen-bond donors (Lipinski definition) is 1. The second kappa shape index (κ2) is 9.48. The summed E-state index contributed by atoms with van der Waals surface area (Å²) in [5.74, 6) is -0.403. The lowest BCUT2D eigenvalue weighted by Crippen LogP contribution is -2.42. The zero-order valence-electron chi connectivity index (χ0n) is 19.2. The fourth-order valence-electron chi connectivity index (χ4n) is 4.63. The number of benzene rings is 2. The molecule has 178 valence electrons. The fourth-order valence-corrected chi connectivity index (χ4v) is 4.63. The van der Waals surface area contributed by atoms with Crippen molar-refractivity contribution in [1.82, 2.24) is 9.80 Å². The topological polar surface area (TPSA) is 88.5 Å². The van der Waals surface area contributed by atoms with E-state index >= 15 is 0 Å². The number of hydrogen-bond acceptors (Lipinski definition) is 7. The first kappa shape index (κ1) is 22.4. The van der Waals surface area contributed by atoms with Crippen molar-refractivity contribution < 1.29 is 28.9 Å². The largest absolute Gasteiger partial charge is 0.507 e. The van der Waals surface area contributed by atoms with Gasteiger partial charge < -0.3 is 24.2 Å². The zero-order chi connectivity index (χ0) is 23.7. The molecule has 0 radical (unpaired) electrons. The van der Waals surface area contributed by atoms with Crippen LogP contribution in [0, 0.1) is 6.92 Å². The van der Waals surface area contributed by atoms with E-state index in [9.17, 15) is 14.7 Å². The molecule has 1 unspecified atom stereocenters. The molecule has 0 aliphatic carbocycles. The van der Waals surface area contributed by atoms with Crippen molar-refractivity contribution in [2.45, 2.75) is 13.0 Å². The van der Waals surface area contributed by atoms with E-state index in [4.69, 9.17) is 14.2 Å². The molecule has 8 heteroatoms. The molecule has 0 spiro atoms. The Labute approximate surface area is 198 Å². The average molecular weight is 465 g/mol. The number of aryl methyl sites for hydroxylation is 1. The Balaban J connectivity index is 1.53. The summed E-state index contributed by atoms with van der Waals surface area (Å²) >= 11 is 0. The Morgan fingerprint density at radius 1 is 0.941 bits per heavy atom. The van der Waals surface area contributed by atoms with Gasteiger partial charge in [-0.15, -0.1) is 0 Å². The summed E-state index contributed by atoms with van der Waals surface area (Å²) in [6.45, 7) is 6.74. The standard InChI is InChI=1S/C26H28N2O6/c1-17-2-4-18(5-3-17)23-22(24(29)19-6-7-20-21(16-19)34-15-14-33-20)25(30)26(31)28(23)9-8-27-10-12-32-13-11-27/h2-7,16,23,29H,8-15H2,1H3. The lowest BCUT2D eigenvalue weighted by Gasteiger charge is -2.31. The van der Waals surface area contributed by atoms with Gasteiger partial charge in [-0.25, -0.2) is 0 Å². The van der Waals surface area contributed by atoms with Crippen molar-refractivity contribution in [3.05, 3.63) is 64.7 Å². The van der Waals surface area contributed by atoms with Gasteiger partial charge in [0.05, 0.1) is 24.8 Å². The molecule has 34 heavy (non-hydrogen) atoms. The zero-order valence-corrected chi connectivity index (χ0v) is 19.2. The fraction of sp³-hybridized carbons (Fsp3) is 0.385. The first-order chi connectivity index (χ1) is 16.5. The Morgan fingerprint density at radius 2 is 1.65 bits per heavy atom. The summed E-state index contributed by atoms with van der Waals surface area (Å²) in [6, 6.07) is 12.1. The Kier molecular flexibility index (Phi) is 6.26. The van der Waals surface area contributed by atoms with Gasteiger partial charge in [0, 0.05) is 31.7 Å². The maximum absolute atomic E-state index is 13.2. The van der Waals surface area contributed by atoms with E-state index in [0.29, 0.717) is 56.6 Å². The SMILES string of the molecule is Cc1ccc(C2C(=C(O)c3ccc4c(c3)OCCO4)C(=O)C(=O)N2CCN2CCOCC2)cc1. The molecular formula is C26H28N2O6. The second-order valence-corrected chi connectivity index (χ2v) is 8.72. The molecule has 1 amide bonds. The highest BCUT2D eigenvalue weighted by Gasteiger charge is 2.46. The van der Waals surface area contributed by atoms with Crippen LogP contribution < -0.4 is 9.47 Å². The number of carbonyl (C=O) groups is 2. The van der Waals surface area contributed by atoms with Gasteiger partial charge in [-0.3, -0.25) is 14.5 Å². The number of likely N-dealkylation sites (tertiary alicyclic amines) is 1. The molecule has 2 saturated heterocycles. The van der Waals surface area contributed by atoms with E-state index in [1.165, 1.54) is 0 Å². The van der Waals surface area contributed by atoms with Gasteiger partial charge in [-0.2, -0.15) is 0 Å². The second-order valence-electron chi connectivity index (χ2n) is 8.72. The third-order valence-electron chi connectivity index (χ3n) is 6.51. The number of rotatable bonds is 5. The summed E-state index contributed by atoms with van der Waals surface area (Å²) in [5, 5.41) is 11.3. The van der Waals surface area contributed by atoms with E-state index in [0.717, 1.165) is 24.2 Å². The van der Waals surface area contributed by atoms with Gasteiger partial charge in [0.25, 0.3) is 11.7 Å². The summed E-state index contributed by atoms with van der Waals surface area (Å²) in [7, 11) is 0. The first-order valence-corrected chi connectivity index (χ1v) is 11.6. The molecule has 5 rings (SSSR count). The molecule has 2 aromatic carbocycles. The lowest BCUT2D eigenvalue weighted by atomic mass is 9.94. The maximum atomic E-state index is 13.2. The predicted octanol–water partition coefficient (Wildman–Crippen LogP) is 2.52. The third kappa shape index (κ3) is 4.26. The van der Waals surface area contributed by atoms with Gasteiger partial charge in [0.1, 0.15) is 19.0 Å². The van der Waals surface area contributed by atoms with Crippen LogP contribution in [0.2, 0.25) is 0 Å². The molecule has 0 aromatic heterocycles. The minimum absolute atomic E-state index is 0.0903. The van der Waals surface area contributed by atoms with E-state index in [2.05, 4.69) is 4.90 Å². The van der Waals surface area contributed by atoms with Crippen molar-refractivity contribution in [2.75, 3.05) is 52.6 Å². The molecule has 2 fully saturated rings. The van der Waals surface area contributed by atoms with Crippen LogP contribution in [-0.2, 0) is 14.3 Å². The monoisotopic (exact) mass is 464 g/mol. The van der Waals surface area contributed by atoms with Crippen LogP contribution in [-0.4, -0.2) is 79.2 Å². The summed E-state index contributed by atoms with van der Waals surface area (Å²) in [4.78, 5) is 30.2. The average Bonchev–Trinajstić information content (AvgIpc) is 3.12. The number of carbonyl (C=O) groups excluding carboxylic acids is 2. The molecule has 3 aliphatic heterocycles. The number of Topliss-reactive ketones (excluding diaryl/α,β-unsaturated/α-hetero) is 1. The highest BCUT2D eigenvalue weighted by molar-refractivity contribution is 6.46. The van der Waals surface area contributed by atoms with Gasteiger partial charge >= 0.3 is 0 Å². The number of aliphatic hydroxyl groups excluding tert-OH is 1. The van der Waals surface area contributed by atoms with Crippen molar-refractivity contribution in [2.24, 2.45) is 0 Å². The first-order valence-electron chi connectivity index (χ1n) is 11.6. The van der Waals surface area contributed by atoms with Gasteiger partial charge in [0.2, 0.25) is 0 Å². The van der Waals surface area contributed by atoms with E-state index in [1.807, 2.05) is 31.2 Å². The lowest BCUT2D eigenvalue weighted by molar-refractivity contribution is -0.140. The Morgan fingerprint density at radius 3 is 2.38 bits per heavy atom. The Hall–Kier alpha value is -3.36. The van der Waals surface area contributed by atoms with E-state index in [1.54, 1.807) is 23.1 Å². The van der Waals surface area contributed by atoms with E-state index < -0.39 is 17.7 Å². The highest BCUT2D eigenvalue weighted by Crippen LogP contribution is 2.41. The summed E-state index contributed by atoms with van der Waals surface area (Å²) in [6.07, 6.45) is 0. The Bertz CT molecular complexity index is 1120. The van der Waals surface area contributed by atoms with Crippen LogP contribution in [0.3, 0.4) is 0 Å². The van der Waals surface area contributed by atoms with Crippen molar-refractivity contribution in [3.63, 3.8) is 0 Å². The molecule has 2 aromatic rings. The van der Waals surface area contributed by atoms with E-state index in [-0.39, 0.29) is 11.3 Å². The number of ether oxygens (including phenoxy) is 3. The normalized spacial score (nSPS) is 22.3. The van der Waals surface area contributed by atoms with Crippen molar-refractivity contribution in [1.29, 1.82) is 0 Å². The number of nitrogens with zero attached hydrogens (tertiary/aromatic N) is 2. The smallest absolute Gasteiger partial charge is 0.295 e. The quantitative estimate of drug-likeness (QED) is 0.413. The number of ketones is 1. The number of fused-ring (bicyclic) bond motifs is 1.